The molecule has 0 spiro atoms. The van der Waals surface area contributed by atoms with Gasteiger partial charge in [-0.05, 0) is 34.8 Å². The number of pyridine rings is 1. The number of nitrogens with two attached hydrogens (primary N) is 1. The summed E-state index contributed by atoms with van der Waals surface area (Å²) in [6.07, 6.45) is 5.88. The number of anilines is 2. The Kier molecular flexibility index (Phi) is 2.91. The molecule has 1 aliphatic rings. The van der Waals surface area contributed by atoms with Crippen LogP contribution in [0.4, 0.5) is 11.4 Å². The van der Waals surface area contributed by atoms with Crippen molar-refractivity contribution in [3.05, 3.63) is 23.1 Å². The third-order valence-corrected chi connectivity index (χ3v) is 4.08. The van der Waals surface area contributed by atoms with Gasteiger partial charge in [-0.1, -0.05) is 0 Å². The van der Waals surface area contributed by atoms with Gasteiger partial charge in [0.05, 0.1) is 30.2 Å². The van der Waals surface area contributed by atoms with Crippen molar-refractivity contribution in [2.24, 2.45) is 0 Å². The molecule has 0 bridgehead atoms. The number of nitrogen functional groups attached to an aromatic ring is 1. The molecule has 5 nitrogen and oxygen atoms in total. The van der Waals surface area contributed by atoms with Crippen LogP contribution in [0.5, 0.6) is 0 Å². The number of imidazole rings is 1. The molecule has 18 heavy (non-hydrogen) atoms. The fourth-order valence-electron chi connectivity index (χ4n) is 2.59. The first-order chi connectivity index (χ1) is 8.70. The SMILES string of the molecule is Nc1cc(N2CCC[C@@H]2CO)cn2c(Br)cnc12. The first kappa shape index (κ1) is 11.8. The minimum Gasteiger partial charge on any atom is -0.396 e. The van der Waals surface area contributed by atoms with Crippen molar-refractivity contribution in [3.63, 3.8) is 0 Å². The van der Waals surface area contributed by atoms with Crippen LogP contribution in [0.2, 0.25) is 0 Å². The van der Waals surface area contributed by atoms with E-state index < -0.39 is 0 Å². The summed E-state index contributed by atoms with van der Waals surface area (Å²) in [4.78, 5) is 6.46. The van der Waals surface area contributed by atoms with E-state index in [4.69, 9.17) is 5.73 Å². The number of rotatable bonds is 2. The van der Waals surface area contributed by atoms with Crippen LogP contribution in [0.15, 0.2) is 23.1 Å². The number of hydrogen-bond donors (Lipinski definition) is 2. The van der Waals surface area contributed by atoms with Gasteiger partial charge in [0.25, 0.3) is 0 Å². The molecule has 1 aliphatic heterocycles. The molecule has 0 saturated carbocycles. The lowest BCUT2D eigenvalue weighted by Crippen LogP contribution is -2.32. The van der Waals surface area contributed by atoms with Crippen molar-refractivity contribution in [1.82, 2.24) is 9.38 Å². The van der Waals surface area contributed by atoms with Crippen molar-refractivity contribution in [2.75, 3.05) is 23.8 Å². The Balaban J connectivity index is 2.09. The molecule has 3 rings (SSSR count). The third-order valence-electron chi connectivity index (χ3n) is 3.49. The zero-order valence-corrected chi connectivity index (χ0v) is 11.5. The van der Waals surface area contributed by atoms with E-state index in [0.29, 0.717) is 5.69 Å². The van der Waals surface area contributed by atoms with Gasteiger partial charge in [0.2, 0.25) is 0 Å². The van der Waals surface area contributed by atoms with Gasteiger partial charge in [-0.15, -0.1) is 0 Å². The molecule has 96 valence electrons. The van der Waals surface area contributed by atoms with E-state index in [1.165, 1.54) is 0 Å². The van der Waals surface area contributed by atoms with E-state index in [2.05, 4.69) is 25.8 Å². The highest BCUT2D eigenvalue weighted by Crippen LogP contribution is 2.29. The summed E-state index contributed by atoms with van der Waals surface area (Å²) in [6.45, 7) is 1.14. The number of halogens is 1. The molecule has 0 unspecified atom stereocenters. The fraction of sp³-hybridized carbons (Fsp3) is 0.417. The van der Waals surface area contributed by atoms with Crippen LogP contribution < -0.4 is 10.6 Å². The van der Waals surface area contributed by atoms with Gasteiger partial charge in [0.15, 0.2) is 5.65 Å². The molecule has 0 radical (unpaired) electrons. The zero-order valence-electron chi connectivity index (χ0n) is 9.88. The normalized spacial score (nSPS) is 19.9. The summed E-state index contributed by atoms with van der Waals surface area (Å²) in [7, 11) is 0. The maximum atomic E-state index is 9.39. The van der Waals surface area contributed by atoms with Gasteiger partial charge in [0.1, 0.15) is 4.60 Å². The summed E-state index contributed by atoms with van der Waals surface area (Å²) < 4.78 is 2.81. The Hall–Kier alpha value is -1.27. The number of aliphatic hydroxyl groups excluding tert-OH is 1. The Labute approximate surface area is 113 Å². The molecule has 3 heterocycles. The van der Waals surface area contributed by atoms with Crippen LogP contribution in [-0.4, -0.2) is 33.7 Å². The summed E-state index contributed by atoms with van der Waals surface area (Å²) >= 11 is 3.45. The van der Waals surface area contributed by atoms with Crippen LogP contribution in [0.25, 0.3) is 5.65 Å². The standard InChI is InChI=1S/C12H15BrN4O/c13-11-5-15-12-10(14)4-9(6-17(11)12)16-3-1-2-8(16)7-18/h4-6,8,18H,1-3,7,14H2/t8-/m1/s1. The molecule has 0 aromatic carbocycles. The number of aromatic nitrogens is 2. The van der Waals surface area contributed by atoms with Crippen LogP contribution in [0, 0.1) is 0 Å². The first-order valence-electron chi connectivity index (χ1n) is 6.00. The molecule has 1 atom stereocenters. The number of aliphatic hydroxyl groups is 1. The monoisotopic (exact) mass is 310 g/mol. The first-order valence-corrected chi connectivity index (χ1v) is 6.79. The second kappa shape index (κ2) is 4.44. The Morgan fingerprint density at radius 1 is 1.56 bits per heavy atom. The summed E-state index contributed by atoms with van der Waals surface area (Å²) in [5, 5.41) is 9.39. The van der Waals surface area contributed by atoms with Gasteiger partial charge >= 0.3 is 0 Å². The Bertz CT molecular complexity index is 583. The summed E-state index contributed by atoms with van der Waals surface area (Å²) in [6, 6.07) is 2.13. The van der Waals surface area contributed by atoms with E-state index in [0.717, 1.165) is 35.3 Å². The Morgan fingerprint density at radius 2 is 2.39 bits per heavy atom. The summed E-state index contributed by atoms with van der Waals surface area (Å²) in [5.74, 6) is 0. The van der Waals surface area contributed by atoms with E-state index in [-0.39, 0.29) is 12.6 Å². The van der Waals surface area contributed by atoms with Crippen molar-refractivity contribution < 1.29 is 5.11 Å². The maximum Gasteiger partial charge on any atom is 0.161 e. The topological polar surface area (TPSA) is 66.8 Å². The van der Waals surface area contributed by atoms with E-state index in [1.54, 1.807) is 6.20 Å². The fourth-order valence-corrected chi connectivity index (χ4v) is 2.97. The second-order valence-electron chi connectivity index (χ2n) is 4.60. The minimum absolute atomic E-state index is 0.184. The molecule has 2 aromatic rings. The number of hydrogen-bond acceptors (Lipinski definition) is 4. The highest BCUT2D eigenvalue weighted by atomic mass is 79.9. The molecular weight excluding hydrogens is 296 g/mol. The van der Waals surface area contributed by atoms with E-state index >= 15 is 0 Å². The molecule has 1 fully saturated rings. The Morgan fingerprint density at radius 3 is 3.17 bits per heavy atom. The maximum absolute atomic E-state index is 9.39. The van der Waals surface area contributed by atoms with Crippen LogP contribution in [0.1, 0.15) is 12.8 Å². The average molecular weight is 311 g/mol. The average Bonchev–Trinajstić information content (AvgIpc) is 2.96. The van der Waals surface area contributed by atoms with E-state index in [9.17, 15) is 5.11 Å². The van der Waals surface area contributed by atoms with Gasteiger partial charge < -0.3 is 15.7 Å². The molecule has 1 saturated heterocycles. The van der Waals surface area contributed by atoms with Crippen LogP contribution in [0.3, 0.4) is 0 Å². The van der Waals surface area contributed by atoms with Gasteiger partial charge in [-0.25, -0.2) is 4.98 Å². The zero-order chi connectivity index (χ0) is 12.7. The molecule has 0 amide bonds. The largest absolute Gasteiger partial charge is 0.396 e. The number of nitrogens with zero attached hydrogens (tertiary/aromatic N) is 3. The lowest BCUT2D eigenvalue weighted by Gasteiger charge is -2.25. The lowest BCUT2D eigenvalue weighted by atomic mass is 10.2. The van der Waals surface area contributed by atoms with Crippen molar-refractivity contribution in [1.29, 1.82) is 0 Å². The number of fused-ring (bicyclic) bond motifs is 1. The molecule has 2 aromatic heterocycles. The molecular formula is C12H15BrN4O. The van der Waals surface area contributed by atoms with Gasteiger partial charge in [0, 0.05) is 12.7 Å². The smallest absolute Gasteiger partial charge is 0.161 e. The predicted molar refractivity (Wildman–Crippen MR) is 74.8 cm³/mol. The van der Waals surface area contributed by atoms with Crippen molar-refractivity contribution in [3.8, 4) is 0 Å². The van der Waals surface area contributed by atoms with Crippen molar-refractivity contribution in [2.45, 2.75) is 18.9 Å². The summed E-state index contributed by atoms with van der Waals surface area (Å²) in [5.41, 5.74) is 8.48. The van der Waals surface area contributed by atoms with Crippen molar-refractivity contribution >= 4 is 33.0 Å². The second-order valence-corrected chi connectivity index (χ2v) is 5.41. The lowest BCUT2D eigenvalue weighted by molar-refractivity contribution is 0.266. The third kappa shape index (κ3) is 1.76. The predicted octanol–water partition coefficient (Wildman–Crippen LogP) is 1.64. The van der Waals surface area contributed by atoms with Gasteiger partial charge in [-0.3, -0.25) is 4.40 Å². The highest BCUT2D eigenvalue weighted by Gasteiger charge is 2.24. The molecule has 3 N–H and O–H groups in total. The van der Waals surface area contributed by atoms with E-state index in [1.807, 2.05) is 16.7 Å². The highest BCUT2D eigenvalue weighted by molar-refractivity contribution is 9.10. The quantitative estimate of drug-likeness (QED) is 0.885. The van der Waals surface area contributed by atoms with Crippen LogP contribution in [-0.2, 0) is 0 Å². The molecule has 0 aliphatic carbocycles. The van der Waals surface area contributed by atoms with Gasteiger partial charge in [-0.2, -0.15) is 0 Å². The minimum atomic E-state index is 0.184. The van der Waals surface area contributed by atoms with Crippen LogP contribution >= 0.6 is 15.9 Å². The molecule has 6 heteroatoms.